The van der Waals surface area contributed by atoms with Crippen LogP contribution in [0.3, 0.4) is 0 Å². The second-order valence-electron chi connectivity index (χ2n) is 8.98. The Hall–Kier alpha value is -3.46. The van der Waals surface area contributed by atoms with Crippen molar-refractivity contribution in [2.45, 2.75) is 72.1 Å². The molecular formula is C26H35N7O2. The molecule has 1 unspecified atom stereocenters. The first kappa shape index (κ1) is 24.7. The Morgan fingerprint density at radius 3 is 2.69 bits per heavy atom. The molecule has 1 aromatic carbocycles. The van der Waals surface area contributed by atoms with Gasteiger partial charge in [0, 0.05) is 23.2 Å². The highest BCUT2D eigenvalue weighted by Crippen LogP contribution is 2.22. The highest BCUT2D eigenvalue weighted by molar-refractivity contribution is 6.05. The second-order valence-corrected chi connectivity index (χ2v) is 8.98. The summed E-state index contributed by atoms with van der Waals surface area (Å²) in [6, 6.07) is 11.7. The quantitative estimate of drug-likeness (QED) is 0.461. The maximum Gasteiger partial charge on any atom is 0.276 e. The largest absolute Gasteiger partial charge is 0.366 e. The number of carbonyl (C=O) groups excluding carboxylic acids is 1. The number of nitrogens with zero attached hydrogens (tertiary/aromatic N) is 4. The molecule has 0 bridgehead atoms. The van der Waals surface area contributed by atoms with Gasteiger partial charge in [-0.15, -0.1) is 5.10 Å². The number of fused-ring (bicyclic) bond motifs is 1. The molecule has 1 aliphatic carbocycles. The van der Waals surface area contributed by atoms with Crippen molar-refractivity contribution in [2.75, 3.05) is 10.6 Å². The molecule has 2 aromatic heterocycles. The van der Waals surface area contributed by atoms with Crippen LogP contribution in [-0.4, -0.2) is 38.6 Å². The lowest BCUT2D eigenvalue weighted by molar-refractivity contribution is 0.0107. The molecule has 0 spiro atoms. The van der Waals surface area contributed by atoms with Crippen LogP contribution in [0.5, 0.6) is 0 Å². The lowest BCUT2D eigenvalue weighted by atomic mass is 9.95. The predicted molar refractivity (Wildman–Crippen MR) is 139 cm³/mol. The summed E-state index contributed by atoms with van der Waals surface area (Å²) in [7, 11) is 0. The Morgan fingerprint density at radius 1 is 1.14 bits per heavy atom. The molecule has 1 fully saturated rings. The molecule has 3 N–H and O–H groups in total. The van der Waals surface area contributed by atoms with E-state index in [1.54, 1.807) is 10.7 Å². The van der Waals surface area contributed by atoms with Crippen molar-refractivity contribution in [3.8, 4) is 0 Å². The molecule has 2 aliphatic rings. The lowest BCUT2D eigenvalue weighted by Gasteiger charge is -2.23. The van der Waals surface area contributed by atoms with Gasteiger partial charge in [-0.3, -0.25) is 4.79 Å². The number of carbonyl (C=O) groups is 1. The van der Waals surface area contributed by atoms with Crippen molar-refractivity contribution in [3.05, 3.63) is 53.9 Å². The molecule has 186 valence electrons. The van der Waals surface area contributed by atoms with Crippen LogP contribution in [0.15, 0.2) is 47.6 Å². The first-order valence-electron chi connectivity index (χ1n) is 12.6. The fraction of sp³-hybridized carbons (Fsp3) is 0.462. The molecule has 5 rings (SSSR count). The number of hydroxylamine groups is 1. The molecule has 35 heavy (non-hydrogen) atoms. The summed E-state index contributed by atoms with van der Waals surface area (Å²) in [5.41, 5.74) is 5.38. The summed E-state index contributed by atoms with van der Waals surface area (Å²) in [6.07, 6.45) is 7.40. The van der Waals surface area contributed by atoms with Crippen LogP contribution in [0, 0.1) is 5.92 Å². The van der Waals surface area contributed by atoms with E-state index in [1.807, 2.05) is 50.2 Å². The van der Waals surface area contributed by atoms with E-state index in [-0.39, 0.29) is 18.1 Å². The highest BCUT2D eigenvalue weighted by Gasteiger charge is 2.22. The van der Waals surface area contributed by atoms with Crippen LogP contribution in [0.25, 0.3) is 5.65 Å². The van der Waals surface area contributed by atoms with E-state index in [1.165, 1.54) is 19.3 Å². The summed E-state index contributed by atoms with van der Waals surface area (Å²) >= 11 is 0. The zero-order valence-corrected chi connectivity index (χ0v) is 20.9. The number of rotatable bonds is 6. The molecule has 1 saturated carbocycles. The predicted octanol–water partition coefficient (Wildman–Crippen LogP) is 5.02. The smallest absolute Gasteiger partial charge is 0.276 e. The van der Waals surface area contributed by atoms with Gasteiger partial charge in [0.1, 0.15) is 5.82 Å². The highest BCUT2D eigenvalue weighted by atomic mass is 16.7. The van der Waals surface area contributed by atoms with E-state index < -0.39 is 0 Å². The average Bonchev–Trinajstić information content (AvgIpc) is 3.54. The van der Waals surface area contributed by atoms with Gasteiger partial charge in [-0.1, -0.05) is 59.1 Å². The lowest BCUT2D eigenvalue weighted by Crippen LogP contribution is -2.23. The van der Waals surface area contributed by atoms with E-state index in [0.717, 1.165) is 24.2 Å². The van der Waals surface area contributed by atoms with Gasteiger partial charge in [-0.05, 0) is 37.1 Å². The topological polar surface area (TPSA) is 105 Å². The maximum atomic E-state index is 13.1. The molecule has 9 heteroatoms. The third-order valence-electron chi connectivity index (χ3n) is 6.05. The van der Waals surface area contributed by atoms with E-state index in [2.05, 4.69) is 45.0 Å². The second kappa shape index (κ2) is 11.3. The number of amides is 1. The Bertz CT molecular complexity index is 1180. The molecule has 1 aliphatic heterocycles. The number of benzene rings is 1. The van der Waals surface area contributed by atoms with Gasteiger partial charge in [0.15, 0.2) is 23.4 Å². The number of hydrogen-bond acceptors (Lipinski definition) is 7. The van der Waals surface area contributed by atoms with Gasteiger partial charge >= 0.3 is 0 Å². The van der Waals surface area contributed by atoms with E-state index in [9.17, 15) is 4.79 Å². The number of amidine groups is 1. The Balaban J connectivity index is 0.00000141. The van der Waals surface area contributed by atoms with Crippen LogP contribution in [0.4, 0.5) is 11.5 Å². The minimum absolute atomic E-state index is 0.223. The molecular weight excluding hydrogens is 442 g/mol. The first-order chi connectivity index (χ1) is 17.1. The Labute approximate surface area is 206 Å². The minimum Gasteiger partial charge on any atom is -0.366 e. The van der Waals surface area contributed by atoms with Crippen molar-refractivity contribution < 1.29 is 9.63 Å². The van der Waals surface area contributed by atoms with Crippen molar-refractivity contribution in [1.29, 1.82) is 0 Å². The molecule has 0 saturated heterocycles. The zero-order chi connectivity index (χ0) is 24.8. The van der Waals surface area contributed by atoms with Gasteiger partial charge in [-0.25, -0.2) is 24.8 Å². The van der Waals surface area contributed by atoms with Crippen molar-refractivity contribution in [2.24, 2.45) is 10.9 Å². The van der Waals surface area contributed by atoms with Gasteiger partial charge in [0.05, 0.1) is 6.20 Å². The summed E-state index contributed by atoms with van der Waals surface area (Å²) in [5.74, 6) is 1.39. The Kier molecular flexibility index (Phi) is 7.97. The van der Waals surface area contributed by atoms with Gasteiger partial charge in [0.2, 0.25) is 0 Å². The van der Waals surface area contributed by atoms with Gasteiger partial charge < -0.3 is 10.6 Å². The van der Waals surface area contributed by atoms with Crippen LogP contribution in [0.1, 0.15) is 75.9 Å². The summed E-state index contributed by atoms with van der Waals surface area (Å²) in [4.78, 5) is 27.5. The van der Waals surface area contributed by atoms with Crippen LogP contribution < -0.4 is 16.1 Å². The third-order valence-corrected chi connectivity index (χ3v) is 6.05. The molecule has 3 heterocycles. The minimum atomic E-state index is -0.278. The fourth-order valence-electron chi connectivity index (χ4n) is 4.22. The summed E-state index contributed by atoms with van der Waals surface area (Å²) in [5, 5.41) is 11.1. The number of anilines is 2. The van der Waals surface area contributed by atoms with Crippen molar-refractivity contribution >= 4 is 28.9 Å². The normalized spacial score (nSPS) is 18.0. The standard InChI is InChI=1S/C24H29N7O2.C2H6/c1-15(2)24-28-22(30-33-24)16-7-6-10-18(13-16)27-23(32)19-14-25-21-12-11-20(29-31(19)21)26-17-8-4-3-5-9-17;1-2/h6-7,10-15,17,24H,3-5,8-9H2,1-2H3,(H,26,29)(H,27,32)(H,28,30);1-2H3. The molecule has 3 aromatic rings. The molecule has 1 atom stereocenters. The first-order valence-corrected chi connectivity index (χ1v) is 12.6. The molecule has 0 radical (unpaired) electrons. The van der Waals surface area contributed by atoms with E-state index >= 15 is 0 Å². The SMILES string of the molecule is CC.CC(C)C1N=C(c2cccc(NC(=O)c3cnc4ccc(NC5CCCCC5)nn34)c2)NO1. The number of imidazole rings is 1. The number of hydrogen-bond donors (Lipinski definition) is 3. The number of nitrogens with one attached hydrogen (secondary N) is 3. The summed E-state index contributed by atoms with van der Waals surface area (Å²) < 4.78 is 1.59. The van der Waals surface area contributed by atoms with Crippen LogP contribution in [-0.2, 0) is 4.84 Å². The van der Waals surface area contributed by atoms with Crippen molar-refractivity contribution in [3.63, 3.8) is 0 Å². The number of aromatic nitrogens is 3. The Morgan fingerprint density at radius 2 is 1.94 bits per heavy atom. The molecule has 9 nitrogen and oxygen atoms in total. The fourth-order valence-corrected chi connectivity index (χ4v) is 4.22. The van der Waals surface area contributed by atoms with Gasteiger partial charge in [0.25, 0.3) is 5.91 Å². The van der Waals surface area contributed by atoms with Gasteiger partial charge in [-0.2, -0.15) is 0 Å². The average molecular weight is 478 g/mol. The van der Waals surface area contributed by atoms with E-state index in [0.29, 0.717) is 28.9 Å². The third kappa shape index (κ3) is 5.79. The van der Waals surface area contributed by atoms with Crippen molar-refractivity contribution in [1.82, 2.24) is 20.1 Å². The number of aliphatic imine (C=N–C) groups is 1. The maximum absolute atomic E-state index is 13.1. The molecule has 1 amide bonds. The zero-order valence-electron chi connectivity index (χ0n) is 20.9. The van der Waals surface area contributed by atoms with Crippen LogP contribution in [0.2, 0.25) is 0 Å². The van der Waals surface area contributed by atoms with E-state index in [4.69, 9.17) is 4.84 Å². The summed E-state index contributed by atoms with van der Waals surface area (Å²) in [6.45, 7) is 8.10. The monoisotopic (exact) mass is 477 g/mol. The van der Waals surface area contributed by atoms with Crippen LogP contribution >= 0.6 is 0 Å².